The van der Waals surface area contributed by atoms with Gasteiger partial charge < -0.3 is 9.32 Å². The van der Waals surface area contributed by atoms with Crippen LogP contribution in [0.1, 0.15) is 27.7 Å². The van der Waals surface area contributed by atoms with Crippen molar-refractivity contribution in [3.8, 4) is 0 Å². The highest BCUT2D eigenvalue weighted by Crippen LogP contribution is 2.21. The average Bonchev–Trinajstić information content (AvgIpc) is 3.03. The van der Waals surface area contributed by atoms with E-state index in [1.54, 1.807) is 25.1 Å². The van der Waals surface area contributed by atoms with Crippen LogP contribution in [0, 0.1) is 20.8 Å². The van der Waals surface area contributed by atoms with Crippen LogP contribution in [-0.2, 0) is 10.0 Å². The van der Waals surface area contributed by atoms with Crippen LogP contribution in [0.5, 0.6) is 0 Å². The first kappa shape index (κ1) is 17.6. The van der Waals surface area contributed by atoms with Gasteiger partial charge in [-0.1, -0.05) is 6.07 Å². The SMILES string of the molecule is Cc1nnc(C(=O)N2CCN(S(=O)(=O)c3ccc(C)c(C)c3)CC2)o1. The summed E-state index contributed by atoms with van der Waals surface area (Å²) in [7, 11) is -3.57. The van der Waals surface area contributed by atoms with Crippen molar-refractivity contribution < 1.29 is 17.6 Å². The Bertz CT molecular complexity index is 899. The zero-order chi connectivity index (χ0) is 18.2. The first-order chi connectivity index (χ1) is 11.8. The molecule has 0 aliphatic carbocycles. The molecule has 8 nitrogen and oxygen atoms in total. The highest BCUT2D eigenvalue weighted by molar-refractivity contribution is 7.89. The fourth-order valence-electron chi connectivity index (χ4n) is 2.67. The van der Waals surface area contributed by atoms with E-state index in [1.165, 1.54) is 9.21 Å². The number of aromatic nitrogens is 2. The molecule has 1 aliphatic heterocycles. The second-order valence-electron chi connectivity index (χ2n) is 6.07. The monoisotopic (exact) mass is 364 g/mol. The highest BCUT2D eigenvalue weighted by atomic mass is 32.2. The molecule has 1 fully saturated rings. The Morgan fingerprint density at radius 1 is 1.04 bits per heavy atom. The number of sulfonamides is 1. The van der Waals surface area contributed by atoms with Gasteiger partial charge in [0.25, 0.3) is 0 Å². The second kappa shape index (κ2) is 6.57. The van der Waals surface area contributed by atoms with Gasteiger partial charge in [0.05, 0.1) is 4.90 Å². The number of hydrogen-bond donors (Lipinski definition) is 0. The number of aryl methyl sites for hydroxylation is 3. The van der Waals surface area contributed by atoms with E-state index in [1.807, 2.05) is 13.8 Å². The summed E-state index contributed by atoms with van der Waals surface area (Å²) in [4.78, 5) is 14.1. The first-order valence-corrected chi connectivity index (χ1v) is 9.40. The molecule has 0 unspecified atom stereocenters. The standard InChI is InChI=1S/C16H20N4O4S/c1-11-4-5-14(10-12(11)2)25(22,23)20-8-6-19(7-9-20)16(21)15-18-17-13(3)24-15/h4-5,10H,6-9H2,1-3H3. The Labute approximate surface area is 146 Å². The largest absolute Gasteiger partial charge is 0.417 e. The molecule has 0 saturated carbocycles. The highest BCUT2D eigenvalue weighted by Gasteiger charge is 2.32. The summed E-state index contributed by atoms with van der Waals surface area (Å²) in [5.74, 6) is -0.119. The van der Waals surface area contributed by atoms with Gasteiger partial charge in [-0.2, -0.15) is 4.31 Å². The molecule has 0 spiro atoms. The van der Waals surface area contributed by atoms with Gasteiger partial charge in [-0.3, -0.25) is 4.79 Å². The molecular formula is C16H20N4O4S. The molecule has 0 atom stereocenters. The second-order valence-corrected chi connectivity index (χ2v) is 8.01. The third-order valence-electron chi connectivity index (χ3n) is 4.35. The van der Waals surface area contributed by atoms with Crippen LogP contribution in [0.3, 0.4) is 0 Å². The lowest BCUT2D eigenvalue weighted by atomic mass is 10.1. The number of carbonyl (C=O) groups is 1. The van der Waals surface area contributed by atoms with Crippen molar-refractivity contribution >= 4 is 15.9 Å². The van der Waals surface area contributed by atoms with Crippen LogP contribution in [0.25, 0.3) is 0 Å². The number of rotatable bonds is 3. The number of hydrogen-bond acceptors (Lipinski definition) is 6. The van der Waals surface area contributed by atoms with Gasteiger partial charge in [0.1, 0.15) is 0 Å². The number of carbonyl (C=O) groups excluding carboxylic acids is 1. The Balaban J connectivity index is 1.71. The van der Waals surface area contributed by atoms with Gasteiger partial charge in [-0.15, -0.1) is 10.2 Å². The van der Waals surface area contributed by atoms with E-state index in [9.17, 15) is 13.2 Å². The zero-order valence-electron chi connectivity index (χ0n) is 14.4. The molecule has 9 heteroatoms. The minimum atomic E-state index is -3.57. The van der Waals surface area contributed by atoms with Crippen LogP contribution in [0.4, 0.5) is 0 Å². The van der Waals surface area contributed by atoms with E-state index in [0.717, 1.165) is 11.1 Å². The van der Waals surface area contributed by atoms with E-state index in [2.05, 4.69) is 10.2 Å². The van der Waals surface area contributed by atoms with E-state index in [-0.39, 0.29) is 42.9 Å². The average molecular weight is 364 g/mol. The van der Waals surface area contributed by atoms with Gasteiger partial charge >= 0.3 is 11.8 Å². The minimum Gasteiger partial charge on any atom is -0.417 e. The lowest BCUT2D eigenvalue weighted by Crippen LogP contribution is -2.50. The van der Waals surface area contributed by atoms with Gasteiger partial charge in [0.2, 0.25) is 15.9 Å². The molecule has 1 saturated heterocycles. The molecule has 1 amide bonds. The van der Waals surface area contributed by atoms with Crippen molar-refractivity contribution in [2.24, 2.45) is 0 Å². The van der Waals surface area contributed by atoms with Gasteiger partial charge in [0.15, 0.2) is 0 Å². The van der Waals surface area contributed by atoms with Crippen molar-refractivity contribution in [3.05, 3.63) is 41.1 Å². The number of benzene rings is 1. The van der Waals surface area contributed by atoms with Crippen molar-refractivity contribution in [1.82, 2.24) is 19.4 Å². The number of amides is 1. The van der Waals surface area contributed by atoms with Gasteiger partial charge in [0, 0.05) is 33.1 Å². The van der Waals surface area contributed by atoms with Crippen molar-refractivity contribution in [3.63, 3.8) is 0 Å². The fourth-order valence-corrected chi connectivity index (χ4v) is 4.18. The molecule has 25 heavy (non-hydrogen) atoms. The summed E-state index contributed by atoms with van der Waals surface area (Å²) in [5.41, 5.74) is 1.98. The molecule has 2 heterocycles. The summed E-state index contributed by atoms with van der Waals surface area (Å²) < 4.78 is 32.1. The zero-order valence-corrected chi connectivity index (χ0v) is 15.2. The lowest BCUT2D eigenvalue weighted by Gasteiger charge is -2.33. The van der Waals surface area contributed by atoms with Gasteiger partial charge in [-0.25, -0.2) is 8.42 Å². The van der Waals surface area contributed by atoms with E-state index < -0.39 is 10.0 Å². The number of piperazine rings is 1. The molecule has 1 aromatic heterocycles. The minimum absolute atomic E-state index is 0.0667. The van der Waals surface area contributed by atoms with Gasteiger partial charge in [-0.05, 0) is 37.1 Å². The molecule has 1 aliphatic rings. The molecule has 0 bridgehead atoms. The van der Waals surface area contributed by atoms with Crippen molar-refractivity contribution in [2.75, 3.05) is 26.2 Å². The Morgan fingerprint density at radius 2 is 1.72 bits per heavy atom. The smallest absolute Gasteiger partial charge is 0.311 e. The first-order valence-electron chi connectivity index (χ1n) is 7.96. The Hall–Kier alpha value is -2.26. The summed E-state index contributed by atoms with van der Waals surface area (Å²) >= 11 is 0. The molecule has 2 aromatic rings. The predicted octanol–water partition coefficient (Wildman–Crippen LogP) is 1.14. The van der Waals surface area contributed by atoms with Crippen LogP contribution in [0.15, 0.2) is 27.5 Å². The molecule has 0 radical (unpaired) electrons. The van der Waals surface area contributed by atoms with Crippen LogP contribution in [-0.4, -0.2) is 59.9 Å². The van der Waals surface area contributed by atoms with E-state index >= 15 is 0 Å². The maximum absolute atomic E-state index is 12.8. The molecule has 3 rings (SSSR count). The molecule has 1 aromatic carbocycles. The number of nitrogens with zero attached hydrogens (tertiary/aromatic N) is 4. The summed E-state index contributed by atoms with van der Waals surface area (Å²) in [6.07, 6.45) is 0. The Morgan fingerprint density at radius 3 is 2.28 bits per heavy atom. The summed E-state index contributed by atoms with van der Waals surface area (Å²) in [5, 5.41) is 7.36. The summed E-state index contributed by atoms with van der Waals surface area (Å²) in [6, 6.07) is 5.11. The lowest BCUT2D eigenvalue weighted by molar-refractivity contribution is 0.0656. The quantitative estimate of drug-likeness (QED) is 0.810. The van der Waals surface area contributed by atoms with Crippen molar-refractivity contribution in [2.45, 2.75) is 25.7 Å². The van der Waals surface area contributed by atoms with Crippen molar-refractivity contribution in [1.29, 1.82) is 0 Å². The van der Waals surface area contributed by atoms with E-state index in [0.29, 0.717) is 5.89 Å². The van der Waals surface area contributed by atoms with E-state index in [4.69, 9.17) is 4.42 Å². The third-order valence-corrected chi connectivity index (χ3v) is 6.25. The van der Waals surface area contributed by atoms with Crippen LogP contribution in [0.2, 0.25) is 0 Å². The molecular weight excluding hydrogens is 344 g/mol. The fraction of sp³-hybridized carbons (Fsp3) is 0.438. The molecule has 134 valence electrons. The third kappa shape index (κ3) is 3.42. The topological polar surface area (TPSA) is 96.6 Å². The normalized spacial score (nSPS) is 16.2. The molecule has 0 N–H and O–H groups in total. The maximum atomic E-state index is 12.8. The Kier molecular flexibility index (Phi) is 4.61. The van der Waals surface area contributed by atoms with Crippen LogP contribution < -0.4 is 0 Å². The van der Waals surface area contributed by atoms with Crippen LogP contribution >= 0.6 is 0 Å². The summed E-state index contributed by atoms with van der Waals surface area (Å²) in [6.45, 7) is 6.46. The predicted molar refractivity (Wildman–Crippen MR) is 89.6 cm³/mol. The maximum Gasteiger partial charge on any atom is 0.311 e.